The van der Waals surface area contributed by atoms with E-state index in [0.717, 1.165) is 12.1 Å². The van der Waals surface area contributed by atoms with Crippen LogP contribution in [0.2, 0.25) is 0 Å². The molecule has 0 heterocycles. The van der Waals surface area contributed by atoms with Crippen LogP contribution >= 0.6 is 0 Å². The first-order chi connectivity index (χ1) is 12.2. The number of carbonyl (C=O) groups excluding carboxylic acids is 1. The Hall–Kier alpha value is -2.55. The van der Waals surface area contributed by atoms with Crippen molar-refractivity contribution in [3.05, 3.63) is 60.2 Å². The first kappa shape index (κ1) is 19.8. The SMILES string of the molecule is COC(=O)C(CNc1ccc(S(=O)(=O)C(F)(F)F)cc1)c1ccccc1. The van der Waals surface area contributed by atoms with Crippen LogP contribution in [-0.4, -0.2) is 33.5 Å². The molecule has 0 saturated heterocycles. The number of anilines is 1. The summed E-state index contributed by atoms with van der Waals surface area (Å²) in [5, 5.41) is 2.90. The van der Waals surface area contributed by atoms with Crippen molar-refractivity contribution in [2.24, 2.45) is 0 Å². The maximum Gasteiger partial charge on any atom is 0.501 e. The molecule has 1 unspecified atom stereocenters. The Morgan fingerprint density at radius 1 is 1.08 bits per heavy atom. The number of methoxy groups -OCH3 is 1. The van der Waals surface area contributed by atoms with E-state index in [4.69, 9.17) is 4.74 Å². The van der Waals surface area contributed by atoms with Gasteiger partial charge in [-0.15, -0.1) is 0 Å². The van der Waals surface area contributed by atoms with E-state index in [2.05, 4.69) is 5.32 Å². The van der Waals surface area contributed by atoms with Gasteiger partial charge in [-0.2, -0.15) is 13.2 Å². The van der Waals surface area contributed by atoms with Gasteiger partial charge in [0, 0.05) is 12.2 Å². The van der Waals surface area contributed by atoms with E-state index < -0.39 is 32.1 Å². The number of alkyl halides is 3. The van der Waals surface area contributed by atoms with Crippen LogP contribution in [0.15, 0.2) is 59.5 Å². The lowest BCUT2D eigenvalue weighted by Crippen LogP contribution is -2.23. The first-order valence-corrected chi connectivity index (χ1v) is 8.93. The highest BCUT2D eigenvalue weighted by molar-refractivity contribution is 7.92. The van der Waals surface area contributed by atoms with Crippen molar-refractivity contribution in [1.29, 1.82) is 0 Å². The average Bonchev–Trinajstić information content (AvgIpc) is 2.62. The van der Waals surface area contributed by atoms with Crippen molar-refractivity contribution >= 4 is 21.5 Å². The number of hydrogen-bond donors (Lipinski definition) is 1. The van der Waals surface area contributed by atoms with Crippen LogP contribution < -0.4 is 5.32 Å². The number of rotatable bonds is 6. The molecule has 0 spiro atoms. The van der Waals surface area contributed by atoms with Crippen molar-refractivity contribution in [3.63, 3.8) is 0 Å². The molecule has 2 rings (SSSR count). The first-order valence-electron chi connectivity index (χ1n) is 7.45. The maximum atomic E-state index is 12.5. The molecule has 0 aromatic heterocycles. The minimum atomic E-state index is -5.39. The Morgan fingerprint density at radius 2 is 1.65 bits per heavy atom. The zero-order valence-corrected chi connectivity index (χ0v) is 14.5. The fraction of sp³-hybridized carbons (Fsp3) is 0.235. The monoisotopic (exact) mass is 387 g/mol. The van der Waals surface area contributed by atoms with E-state index in [1.54, 1.807) is 30.3 Å². The minimum absolute atomic E-state index is 0.127. The second kappa shape index (κ2) is 7.77. The van der Waals surface area contributed by atoms with Gasteiger partial charge in [-0.05, 0) is 29.8 Å². The molecule has 5 nitrogen and oxygen atoms in total. The molecule has 0 saturated carbocycles. The summed E-state index contributed by atoms with van der Waals surface area (Å²) in [6, 6.07) is 13.0. The summed E-state index contributed by atoms with van der Waals surface area (Å²) in [5.74, 6) is -1.10. The van der Waals surface area contributed by atoms with E-state index in [-0.39, 0.29) is 6.54 Å². The predicted molar refractivity (Wildman–Crippen MR) is 89.4 cm³/mol. The summed E-state index contributed by atoms with van der Waals surface area (Å²) in [6.45, 7) is 0.127. The maximum absolute atomic E-state index is 12.5. The van der Waals surface area contributed by atoms with Crippen molar-refractivity contribution in [3.8, 4) is 0 Å². The lowest BCUT2D eigenvalue weighted by Gasteiger charge is -2.17. The standard InChI is InChI=1S/C17H16F3NO4S/c1-25-16(22)15(12-5-3-2-4-6-12)11-21-13-7-9-14(10-8-13)26(23,24)17(18,19)20/h2-10,15,21H,11H2,1H3. The summed E-state index contributed by atoms with van der Waals surface area (Å²) in [4.78, 5) is 11.1. The third-order valence-electron chi connectivity index (χ3n) is 3.67. The second-order valence-corrected chi connectivity index (χ2v) is 7.28. The average molecular weight is 387 g/mol. The molecular formula is C17H16F3NO4S. The number of ether oxygens (including phenoxy) is 1. The molecule has 140 valence electrons. The number of sulfone groups is 1. The lowest BCUT2D eigenvalue weighted by molar-refractivity contribution is -0.142. The molecule has 0 bridgehead atoms. The highest BCUT2D eigenvalue weighted by atomic mass is 32.2. The smallest absolute Gasteiger partial charge is 0.468 e. The number of benzene rings is 2. The van der Waals surface area contributed by atoms with Gasteiger partial charge in [0.25, 0.3) is 9.84 Å². The Morgan fingerprint density at radius 3 is 2.15 bits per heavy atom. The van der Waals surface area contributed by atoms with Gasteiger partial charge in [-0.3, -0.25) is 4.79 Å². The van der Waals surface area contributed by atoms with E-state index >= 15 is 0 Å². The fourth-order valence-corrected chi connectivity index (χ4v) is 3.03. The van der Waals surface area contributed by atoms with Gasteiger partial charge in [0.05, 0.1) is 17.9 Å². The van der Waals surface area contributed by atoms with Gasteiger partial charge < -0.3 is 10.1 Å². The number of hydrogen-bond acceptors (Lipinski definition) is 5. The molecule has 1 N–H and O–H groups in total. The summed E-state index contributed by atoms with van der Waals surface area (Å²) in [5.41, 5.74) is -4.27. The van der Waals surface area contributed by atoms with E-state index in [1.807, 2.05) is 0 Å². The molecule has 2 aromatic rings. The van der Waals surface area contributed by atoms with E-state index in [9.17, 15) is 26.4 Å². The second-order valence-electron chi connectivity index (χ2n) is 5.34. The van der Waals surface area contributed by atoms with Crippen molar-refractivity contribution < 1.29 is 31.1 Å². The Kier molecular flexibility index (Phi) is 5.91. The van der Waals surface area contributed by atoms with Gasteiger partial charge in [0.15, 0.2) is 0 Å². The minimum Gasteiger partial charge on any atom is -0.468 e. The third-order valence-corrected chi connectivity index (χ3v) is 5.17. The van der Waals surface area contributed by atoms with Gasteiger partial charge in [0.2, 0.25) is 0 Å². The molecule has 0 aliphatic heterocycles. The zero-order valence-electron chi connectivity index (χ0n) is 13.7. The molecule has 0 aliphatic carbocycles. The summed E-state index contributed by atoms with van der Waals surface area (Å²) < 4.78 is 65.1. The molecule has 0 amide bonds. The molecule has 0 aliphatic rings. The molecule has 1 atom stereocenters. The van der Waals surface area contributed by atoms with Gasteiger partial charge in [-0.1, -0.05) is 30.3 Å². The molecule has 26 heavy (non-hydrogen) atoms. The van der Waals surface area contributed by atoms with Crippen molar-refractivity contribution in [2.45, 2.75) is 16.3 Å². The number of carbonyl (C=O) groups is 1. The van der Waals surface area contributed by atoms with Crippen LogP contribution in [-0.2, 0) is 19.4 Å². The van der Waals surface area contributed by atoms with E-state index in [1.165, 1.54) is 19.2 Å². The molecule has 0 fully saturated rings. The van der Waals surface area contributed by atoms with Crippen LogP contribution in [0.1, 0.15) is 11.5 Å². The van der Waals surface area contributed by atoms with Crippen LogP contribution in [0.3, 0.4) is 0 Å². The number of esters is 1. The molecule has 2 aromatic carbocycles. The Bertz CT molecular complexity index is 850. The quantitative estimate of drug-likeness (QED) is 0.770. The zero-order chi connectivity index (χ0) is 19.4. The molecular weight excluding hydrogens is 371 g/mol. The normalized spacial score (nSPS) is 13.1. The topological polar surface area (TPSA) is 72.5 Å². The van der Waals surface area contributed by atoms with Crippen LogP contribution in [0.5, 0.6) is 0 Å². The summed E-state index contributed by atoms with van der Waals surface area (Å²) in [7, 11) is -4.13. The van der Waals surface area contributed by atoms with Gasteiger partial charge in [-0.25, -0.2) is 8.42 Å². The van der Waals surface area contributed by atoms with Crippen LogP contribution in [0.4, 0.5) is 18.9 Å². The molecule has 9 heteroatoms. The van der Waals surface area contributed by atoms with Gasteiger partial charge >= 0.3 is 11.5 Å². The Balaban J connectivity index is 2.14. The largest absolute Gasteiger partial charge is 0.501 e. The van der Waals surface area contributed by atoms with Crippen molar-refractivity contribution in [1.82, 2.24) is 0 Å². The van der Waals surface area contributed by atoms with Crippen LogP contribution in [0.25, 0.3) is 0 Å². The van der Waals surface area contributed by atoms with Gasteiger partial charge in [0.1, 0.15) is 0 Å². The third kappa shape index (κ3) is 4.34. The predicted octanol–water partition coefficient (Wildman–Crippen LogP) is 3.35. The van der Waals surface area contributed by atoms with Crippen molar-refractivity contribution in [2.75, 3.05) is 19.0 Å². The summed E-state index contributed by atoms with van der Waals surface area (Å²) in [6.07, 6.45) is 0. The van der Waals surface area contributed by atoms with E-state index in [0.29, 0.717) is 11.3 Å². The number of halogens is 3. The summed E-state index contributed by atoms with van der Waals surface area (Å²) >= 11 is 0. The highest BCUT2D eigenvalue weighted by Crippen LogP contribution is 2.30. The Labute approximate surface area is 148 Å². The lowest BCUT2D eigenvalue weighted by atomic mass is 9.99. The fourth-order valence-electron chi connectivity index (χ4n) is 2.27. The highest BCUT2D eigenvalue weighted by Gasteiger charge is 2.46. The molecule has 0 radical (unpaired) electrons. The van der Waals surface area contributed by atoms with Crippen LogP contribution in [0, 0.1) is 0 Å². The number of nitrogens with one attached hydrogen (secondary N) is 1.